The predicted molar refractivity (Wildman–Crippen MR) is 115 cm³/mol. The van der Waals surface area contributed by atoms with Crippen LogP contribution in [0.3, 0.4) is 0 Å². The zero-order chi connectivity index (χ0) is 18.9. The maximum atomic E-state index is 13.3. The van der Waals surface area contributed by atoms with Gasteiger partial charge in [-0.1, -0.05) is 12.1 Å². The largest absolute Gasteiger partial charge is 0.496 e. The highest BCUT2D eigenvalue weighted by Gasteiger charge is 2.13. The lowest BCUT2D eigenvalue weighted by Gasteiger charge is -2.17. The molecule has 0 saturated heterocycles. The summed E-state index contributed by atoms with van der Waals surface area (Å²) in [6, 6.07) is 10.0. The summed E-state index contributed by atoms with van der Waals surface area (Å²) in [5.74, 6) is 2.26. The first-order chi connectivity index (χ1) is 12.6. The molecule has 0 fully saturated rings. The third-order valence-corrected chi connectivity index (χ3v) is 3.82. The lowest BCUT2D eigenvalue weighted by atomic mass is 10.1. The van der Waals surface area contributed by atoms with E-state index in [9.17, 15) is 4.39 Å². The molecule has 2 rings (SSSR count). The van der Waals surface area contributed by atoms with E-state index in [0.717, 1.165) is 11.1 Å². The second kappa shape index (κ2) is 11.5. The highest BCUT2D eigenvalue weighted by Crippen LogP contribution is 2.33. The summed E-state index contributed by atoms with van der Waals surface area (Å²) in [6.07, 6.45) is 0. The number of aliphatic imine (C=N–C) groups is 1. The van der Waals surface area contributed by atoms with Gasteiger partial charge in [0.2, 0.25) is 0 Å². The minimum absolute atomic E-state index is 0. The molecule has 6 nitrogen and oxygen atoms in total. The third-order valence-electron chi connectivity index (χ3n) is 3.82. The topological polar surface area (TPSA) is 64.1 Å². The van der Waals surface area contributed by atoms with Crippen molar-refractivity contribution in [2.45, 2.75) is 13.1 Å². The minimum atomic E-state index is -0.264. The van der Waals surface area contributed by atoms with Crippen LogP contribution in [0.25, 0.3) is 0 Å². The van der Waals surface area contributed by atoms with Crippen LogP contribution >= 0.6 is 24.0 Å². The summed E-state index contributed by atoms with van der Waals surface area (Å²) in [7, 11) is 6.44. The van der Waals surface area contributed by atoms with E-state index in [4.69, 9.17) is 14.2 Å². The Balaban J connectivity index is 0.00000364. The number of rotatable bonds is 7. The number of hydrogen-bond acceptors (Lipinski definition) is 4. The normalized spacial score (nSPS) is 10.6. The van der Waals surface area contributed by atoms with Gasteiger partial charge in [0.15, 0.2) is 5.96 Å². The van der Waals surface area contributed by atoms with Crippen LogP contribution in [-0.4, -0.2) is 34.3 Å². The Kier molecular flexibility index (Phi) is 9.70. The molecule has 0 aliphatic carbocycles. The van der Waals surface area contributed by atoms with Gasteiger partial charge in [-0.3, -0.25) is 4.99 Å². The van der Waals surface area contributed by atoms with E-state index in [2.05, 4.69) is 15.6 Å². The molecule has 0 amide bonds. The van der Waals surface area contributed by atoms with Crippen LogP contribution in [0.4, 0.5) is 4.39 Å². The summed E-state index contributed by atoms with van der Waals surface area (Å²) in [6.45, 7) is 0.882. The fraction of sp³-hybridized carbons (Fsp3) is 0.316. The summed E-state index contributed by atoms with van der Waals surface area (Å²) >= 11 is 0. The van der Waals surface area contributed by atoms with E-state index in [-0.39, 0.29) is 29.8 Å². The van der Waals surface area contributed by atoms with Crippen molar-refractivity contribution >= 4 is 29.9 Å². The number of ether oxygens (including phenoxy) is 3. The smallest absolute Gasteiger partial charge is 0.191 e. The molecule has 8 heteroatoms. The van der Waals surface area contributed by atoms with Gasteiger partial charge in [-0.2, -0.15) is 0 Å². The molecule has 0 saturated carbocycles. The molecule has 0 unspecified atom stereocenters. The van der Waals surface area contributed by atoms with Crippen LogP contribution in [0.1, 0.15) is 11.1 Å². The van der Waals surface area contributed by atoms with Crippen molar-refractivity contribution in [3.8, 4) is 17.2 Å². The quantitative estimate of drug-likeness (QED) is 0.355. The third kappa shape index (κ3) is 6.46. The van der Waals surface area contributed by atoms with Crippen molar-refractivity contribution in [2.75, 3.05) is 28.4 Å². The maximum absolute atomic E-state index is 13.3. The molecular weight excluding hydrogens is 464 g/mol. The number of nitrogens with zero attached hydrogens (tertiary/aromatic N) is 1. The molecule has 27 heavy (non-hydrogen) atoms. The van der Waals surface area contributed by atoms with E-state index in [0.29, 0.717) is 36.3 Å². The van der Waals surface area contributed by atoms with Crippen molar-refractivity contribution in [2.24, 2.45) is 4.99 Å². The van der Waals surface area contributed by atoms with Crippen molar-refractivity contribution in [3.63, 3.8) is 0 Å². The van der Waals surface area contributed by atoms with Gasteiger partial charge < -0.3 is 24.8 Å². The average Bonchev–Trinajstić information content (AvgIpc) is 2.67. The van der Waals surface area contributed by atoms with Crippen LogP contribution in [0.15, 0.2) is 41.4 Å². The fourth-order valence-corrected chi connectivity index (χ4v) is 2.48. The van der Waals surface area contributed by atoms with E-state index < -0.39 is 0 Å². The predicted octanol–water partition coefficient (Wildman–Crippen LogP) is 3.33. The molecule has 2 N–H and O–H groups in total. The maximum Gasteiger partial charge on any atom is 0.191 e. The molecule has 0 atom stereocenters. The molecule has 148 valence electrons. The first kappa shape index (κ1) is 22.8. The Bertz CT molecular complexity index is 747. The van der Waals surface area contributed by atoms with Gasteiger partial charge in [-0.05, 0) is 17.7 Å². The highest BCUT2D eigenvalue weighted by atomic mass is 127. The highest BCUT2D eigenvalue weighted by molar-refractivity contribution is 14.0. The van der Waals surface area contributed by atoms with Crippen molar-refractivity contribution in [1.82, 2.24) is 10.6 Å². The van der Waals surface area contributed by atoms with Gasteiger partial charge in [0.05, 0.1) is 33.4 Å². The lowest BCUT2D eigenvalue weighted by molar-refractivity contribution is 0.368. The zero-order valence-corrected chi connectivity index (χ0v) is 18.2. The Hall–Kier alpha value is -2.23. The molecule has 0 aliphatic heterocycles. The van der Waals surface area contributed by atoms with Crippen molar-refractivity contribution < 1.29 is 18.6 Å². The Labute approximate surface area is 176 Å². The summed E-state index contributed by atoms with van der Waals surface area (Å²) in [5, 5.41) is 6.35. The van der Waals surface area contributed by atoms with E-state index in [1.807, 2.05) is 6.07 Å². The Morgan fingerprint density at radius 1 is 0.963 bits per heavy atom. The molecule has 2 aromatic rings. The SMILES string of the molecule is CN=C(NCc1cccc(F)c1)NCc1c(OC)cc(OC)cc1OC.I. The second-order valence-electron chi connectivity index (χ2n) is 5.42. The summed E-state index contributed by atoms with van der Waals surface area (Å²) in [4.78, 5) is 4.18. The molecule has 2 aromatic carbocycles. The van der Waals surface area contributed by atoms with Crippen LogP contribution < -0.4 is 24.8 Å². The summed E-state index contributed by atoms with van der Waals surface area (Å²) in [5.41, 5.74) is 1.66. The standard InChI is InChI=1S/C19H24FN3O3.HI/c1-21-19(22-11-13-6-5-7-14(20)8-13)23-12-16-17(25-3)9-15(24-2)10-18(16)26-4;/h5-10H,11-12H2,1-4H3,(H2,21,22,23);1H. The van der Waals surface area contributed by atoms with Gasteiger partial charge in [0, 0.05) is 25.7 Å². The molecule has 0 aliphatic rings. The molecular formula is C19H25FIN3O3. The molecule has 0 radical (unpaired) electrons. The number of hydrogen-bond donors (Lipinski definition) is 2. The van der Waals surface area contributed by atoms with Crippen LogP contribution in [0, 0.1) is 5.82 Å². The minimum Gasteiger partial charge on any atom is -0.496 e. The number of halogens is 2. The van der Waals surface area contributed by atoms with E-state index >= 15 is 0 Å². The van der Waals surface area contributed by atoms with Crippen molar-refractivity contribution in [1.29, 1.82) is 0 Å². The van der Waals surface area contributed by atoms with E-state index in [1.54, 1.807) is 46.6 Å². The average molecular weight is 489 g/mol. The Morgan fingerprint density at radius 2 is 1.59 bits per heavy atom. The fourth-order valence-electron chi connectivity index (χ4n) is 2.48. The molecule has 0 spiro atoms. The first-order valence-electron chi connectivity index (χ1n) is 8.09. The second-order valence-corrected chi connectivity index (χ2v) is 5.42. The number of nitrogens with one attached hydrogen (secondary N) is 2. The van der Waals surface area contributed by atoms with Gasteiger partial charge in [-0.25, -0.2) is 4.39 Å². The van der Waals surface area contributed by atoms with Gasteiger partial charge in [0.1, 0.15) is 23.1 Å². The Morgan fingerprint density at radius 3 is 2.11 bits per heavy atom. The number of benzene rings is 2. The number of guanidine groups is 1. The summed E-state index contributed by atoms with van der Waals surface area (Å²) < 4.78 is 29.4. The van der Waals surface area contributed by atoms with Crippen LogP contribution in [0.2, 0.25) is 0 Å². The van der Waals surface area contributed by atoms with Crippen molar-refractivity contribution in [3.05, 3.63) is 53.3 Å². The zero-order valence-electron chi connectivity index (χ0n) is 15.8. The first-order valence-corrected chi connectivity index (χ1v) is 8.09. The molecule has 0 heterocycles. The number of methoxy groups -OCH3 is 3. The van der Waals surface area contributed by atoms with Gasteiger partial charge >= 0.3 is 0 Å². The van der Waals surface area contributed by atoms with Gasteiger partial charge in [-0.15, -0.1) is 24.0 Å². The van der Waals surface area contributed by atoms with E-state index in [1.165, 1.54) is 12.1 Å². The van der Waals surface area contributed by atoms with Crippen LogP contribution in [0.5, 0.6) is 17.2 Å². The van der Waals surface area contributed by atoms with Crippen LogP contribution in [-0.2, 0) is 13.1 Å². The monoisotopic (exact) mass is 489 g/mol. The lowest BCUT2D eigenvalue weighted by Crippen LogP contribution is -2.36. The molecule has 0 bridgehead atoms. The molecule has 0 aromatic heterocycles. The van der Waals surface area contributed by atoms with Gasteiger partial charge in [0.25, 0.3) is 0 Å².